The van der Waals surface area contributed by atoms with Gasteiger partial charge in [0.05, 0.1) is 0 Å². The van der Waals surface area contributed by atoms with Gasteiger partial charge in [0.2, 0.25) is 0 Å². The largest absolute Gasteiger partial charge is 0.298 e. The van der Waals surface area contributed by atoms with E-state index in [1.54, 1.807) is 0 Å². The molecule has 16 heavy (non-hydrogen) atoms. The molecule has 1 heterocycles. The fraction of sp³-hybridized carbons (Fsp3) is 0. The van der Waals surface area contributed by atoms with Gasteiger partial charge < -0.3 is 0 Å². The standard InChI is InChI=1S/C12H7F2NO/c13-10-3-9(4-11(14)5-10)12-6-15-2-1-8(12)7-16/h1-7H. The second-order valence-corrected chi connectivity index (χ2v) is 3.24. The minimum atomic E-state index is -0.685. The molecule has 0 atom stereocenters. The van der Waals surface area contributed by atoms with Crippen molar-refractivity contribution in [3.63, 3.8) is 0 Å². The molecule has 0 aliphatic rings. The van der Waals surface area contributed by atoms with E-state index in [4.69, 9.17) is 0 Å². The molecule has 2 nitrogen and oxygen atoms in total. The van der Waals surface area contributed by atoms with Crippen LogP contribution in [0.2, 0.25) is 0 Å². The molecule has 80 valence electrons. The lowest BCUT2D eigenvalue weighted by Gasteiger charge is -2.04. The summed E-state index contributed by atoms with van der Waals surface area (Å²) in [5.74, 6) is -1.37. The first-order chi connectivity index (χ1) is 7.70. The summed E-state index contributed by atoms with van der Waals surface area (Å²) in [5.41, 5.74) is 1.06. The van der Waals surface area contributed by atoms with Crippen LogP contribution in [0.1, 0.15) is 10.4 Å². The topological polar surface area (TPSA) is 30.0 Å². The Morgan fingerprint density at radius 2 is 1.81 bits per heavy atom. The van der Waals surface area contributed by atoms with Crippen molar-refractivity contribution in [2.45, 2.75) is 0 Å². The predicted molar refractivity (Wildman–Crippen MR) is 55.0 cm³/mol. The van der Waals surface area contributed by atoms with Crippen molar-refractivity contribution < 1.29 is 13.6 Å². The lowest BCUT2D eigenvalue weighted by Crippen LogP contribution is -1.90. The molecule has 0 amide bonds. The average Bonchev–Trinajstić information content (AvgIpc) is 2.27. The van der Waals surface area contributed by atoms with Crippen molar-refractivity contribution >= 4 is 6.29 Å². The Labute approximate surface area is 90.6 Å². The summed E-state index contributed by atoms with van der Waals surface area (Å²) in [5, 5.41) is 0. The van der Waals surface area contributed by atoms with Crippen molar-refractivity contribution in [3.8, 4) is 11.1 Å². The minimum Gasteiger partial charge on any atom is -0.298 e. The molecule has 0 aliphatic carbocycles. The van der Waals surface area contributed by atoms with E-state index >= 15 is 0 Å². The average molecular weight is 219 g/mol. The maximum atomic E-state index is 13.0. The second-order valence-electron chi connectivity index (χ2n) is 3.24. The number of pyridine rings is 1. The molecule has 0 saturated carbocycles. The van der Waals surface area contributed by atoms with E-state index < -0.39 is 11.6 Å². The Hall–Kier alpha value is -2.10. The second kappa shape index (κ2) is 4.18. The zero-order chi connectivity index (χ0) is 11.5. The van der Waals surface area contributed by atoms with Gasteiger partial charge in [-0.15, -0.1) is 0 Å². The van der Waals surface area contributed by atoms with E-state index in [0.29, 0.717) is 23.0 Å². The van der Waals surface area contributed by atoms with E-state index in [-0.39, 0.29) is 0 Å². The Kier molecular flexibility index (Phi) is 2.72. The third-order valence-electron chi connectivity index (χ3n) is 2.16. The molecule has 0 fully saturated rings. The quantitative estimate of drug-likeness (QED) is 0.727. The number of nitrogens with zero attached hydrogens (tertiary/aromatic N) is 1. The van der Waals surface area contributed by atoms with Gasteiger partial charge in [-0.2, -0.15) is 0 Å². The van der Waals surface area contributed by atoms with Crippen LogP contribution in [0.3, 0.4) is 0 Å². The minimum absolute atomic E-state index is 0.299. The summed E-state index contributed by atoms with van der Waals surface area (Å²) in [6.45, 7) is 0. The van der Waals surface area contributed by atoms with Gasteiger partial charge in [-0.1, -0.05) is 0 Å². The van der Waals surface area contributed by atoms with Crippen LogP contribution in [0.5, 0.6) is 0 Å². The van der Waals surface area contributed by atoms with Gasteiger partial charge >= 0.3 is 0 Å². The highest BCUT2D eigenvalue weighted by molar-refractivity contribution is 5.86. The highest BCUT2D eigenvalue weighted by Crippen LogP contribution is 2.23. The fourth-order valence-electron chi connectivity index (χ4n) is 1.46. The molecular weight excluding hydrogens is 212 g/mol. The monoisotopic (exact) mass is 219 g/mol. The highest BCUT2D eigenvalue weighted by atomic mass is 19.1. The molecule has 0 spiro atoms. The molecule has 0 bridgehead atoms. The molecule has 1 aromatic carbocycles. The molecular formula is C12H7F2NO. The summed E-state index contributed by atoms with van der Waals surface area (Å²) in [7, 11) is 0. The number of rotatable bonds is 2. The van der Waals surface area contributed by atoms with Crippen LogP contribution in [0.15, 0.2) is 36.7 Å². The highest BCUT2D eigenvalue weighted by Gasteiger charge is 2.07. The van der Waals surface area contributed by atoms with E-state index in [9.17, 15) is 13.6 Å². The van der Waals surface area contributed by atoms with E-state index in [2.05, 4.69) is 4.98 Å². The Morgan fingerprint density at radius 3 is 2.44 bits per heavy atom. The Bertz CT molecular complexity index is 520. The Balaban J connectivity index is 2.62. The van der Waals surface area contributed by atoms with Crippen LogP contribution >= 0.6 is 0 Å². The van der Waals surface area contributed by atoms with E-state index in [0.717, 1.165) is 18.2 Å². The summed E-state index contributed by atoms with van der Waals surface area (Å²) < 4.78 is 26.0. The van der Waals surface area contributed by atoms with Crippen LogP contribution < -0.4 is 0 Å². The van der Waals surface area contributed by atoms with Crippen molar-refractivity contribution in [1.29, 1.82) is 0 Å². The summed E-state index contributed by atoms with van der Waals surface area (Å²) in [6.07, 6.45) is 3.47. The molecule has 1 aromatic heterocycles. The molecule has 0 radical (unpaired) electrons. The van der Waals surface area contributed by atoms with Crippen molar-refractivity contribution in [2.75, 3.05) is 0 Å². The van der Waals surface area contributed by atoms with Gasteiger partial charge in [0.15, 0.2) is 6.29 Å². The van der Waals surface area contributed by atoms with Crippen molar-refractivity contribution in [1.82, 2.24) is 4.98 Å². The number of benzene rings is 1. The van der Waals surface area contributed by atoms with E-state index in [1.165, 1.54) is 18.5 Å². The van der Waals surface area contributed by atoms with Crippen LogP contribution in [-0.2, 0) is 0 Å². The molecule has 0 saturated heterocycles. The summed E-state index contributed by atoms with van der Waals surface area (Å²) in [4.78, 5) is 14.6. The van der Waals surface area contributed by atoms with Gasteiger partial charge in [0.25, 0.3) is 0 Å². The zero-order valence-corrected chi connectivity index (χ0v) is 8.15. The van der Waals surface area contributed by atoms with Crippen molar-refractivity contribution in [3.05, 3.63) is 53.9 Å². The maximum Gasteiger partial charge on any atom is 0.150 e. The van der Waals surface area contributed by atoms with Crippen LogP contribution in [0.4, 0.5) is 8.78 Å². The molecule has 0 N–H and O–H groups in total. The van der Waals surface area contributed by atoms with Gasteiger partial charge in [0.1, 0.15) is 11.6 Å². The van der Waals surface area contributed by atoms with Crippen LogP contribution in [-0.4, -0.2) is 11.3 Å². The number of aldehydes is 1. The lowest BCUT2D eigenvalue weighted by atomic mass is 10.0. The van der Waals surface area contributed by atoms with Gasteiger partial charge in [-0.05, 0) is 23.8 Å². The zero-order valence-electron chi connectivity index (χ0n) is 8.15. The first-order valence-corrected chi connectivity index (χ1v) is 4.56. The summed E-state index contributed by atoms with van der Waals surface area (Å²) >= 11 is 0. The van der Waals surface area contributed by atoms with Gasteiger partial charge in [0, 0.05) is 29.6 Å². The van der Waals surface area contributed by atoms with E-state index in [1.807, 2.05) is 0 Å². The number of aromatic nitrogens is 1. The number of halogens is 2. The Morgan fingerprint density at radius 1 is 1.12 bits per heavy atom. The molecule has 2 rings (SSSR count). The first kappa shape index (κ1) is 10.4. The van der Waals surface area contributed by atoms with Crippen LogP contribution in [0, 0.1) is 11.6 Å². The molecule has 2 aromatic rings. The fourth-order valence-corrected chi connectivity index (χ4v) is 1.46. The molecule has 0 aliphatic heterocycles. The number of carbonyl (C=O) groups is 1. The first-order valence-electron chi connectivity index (χ1n) is 4.56. The third kappa shape index (κ3) is 1.95. The lowest BCUT2D eigenvalue weighted by molar-refractivity contribution is 0.112. The smallest absolute Gasteiger partial charge is 0.150 e. The number of hydrogen-bond donors (Lipinski definition) is 0. The predicted octanol–water partition coefficient (Wildman–Crippen LogP) is 2.84. The SMILES string of the molecule is O=Cc1ccncc1-c1cc(F)cc(F)c1. The third-order valence-corrected chi connectivity index (χ3v) is 2.16. The number of carbonyl (C=O) groups excluding carboxylic acids is 1. The van der Waals surface area contributed by atoms with Crippen LogP contribution in [0.25, 0.3) is 11.1 Å². The van der Waals surface area contributed by atoms with Gasteiger partial charge in [-0.25, -0.2) is 8.78 Å². The maximum absolute atomic E-state index is 13.0. The van der Waals surface area contributed by atoms with Crippen molar-refractivity contribution in [2.24, 2.45) is 0 Å². The normalized spacial score (nSPS) is 10.1. The number of hydrogen-bond acceptors (Lipinski definition) is 2. The summed E-state index contributed by atoms with van der Waals surface area (Å²) in [6, 6.07) is 4.59. The van der Waals surface area contributed by atoms with Gasteiger partial charge in [-0.3, -0.25) is 9.78 Å². The molecule has 0 unspecified atom stereocenters. The molecule has 4 heteroatoms.